The quantitative estimate of drug-likeness (QED) is 0.551. The Morgan fingerprint density at radius 2 is 2.24 bits per heavy atom. The zero-order valence-electron chi connectivity index (χ0n) is 9.24. The highest BCUT2D eigenvalue weighted by Gasteiger charge is 2.28. The van der Waals surface area contributed by atoms with E-state index in [2.05, 4.69) is 36.5 Å². The van der Waals surface area contributed by atoms with Gasteiger partial charge in [0.2, 0.25) is 11.9 Å². The number of nitrogens with two attached hydrogens (primary N) is 1. The highest BCUT2D eigenvalue weighted by atomic mass is 79.9. The van der Waals surface area contributed by atoms with Gasteiger partial charge in [-0.2, -0.15) is 4.98 Å². The van der Waals surface area contributed by atoms with E-state index in [4.69, 9.17) is 5.73 Å². The van der Waals surface area contributed by atoms with E-state index >= 15 is 0 Å². The van der Waals surface area contributed by atoms with Gasteiger partial charge in [0.25, 0.3) is 0 Å². The predicted octanol–water partition coefficient (Wildman–Crippen LogP) is 0.759. The largest absolute Gasteiger partial charge is 0.383 e. The lowest BCUT2D eigenvalue weighted by molar-refractivity contribution is -0.122. The van der Waals surface area contributed by atoms with Crippen LogP contribution in [-0.2, 0) is 4.79 Å². The Kier molecular flexibility index (Phi) is 3.78. The van der Waals surface area contributed by atoms with Crippen LogP contribution in [0.1, 0.15) is 12.8 Å². The minimum Gasteiger partial charge on any atom is -0.383 e. The van der Waals surface area contributed by atoms with Gasteiger partial charge in [-0.1, -0.05) is 0 Å². The number of hydrogen-bond donors (Lipinski definition) is 3. The standard InChI is InChI=1S/C10H14BrN5O/c11-7-5-8(12)16-10(15-7)14-4-3-13-9(17)6-1-2-6/h5-6H,1-4H2,(H,13,17)(H3,12,14,15,16). The molecule has 0 aromatic carbocycles. The van der Waals surface area contributed by atoms with Crippen molar-refractivity contribution in [3.05, 3.63) is 10.7 Å². The molecular weight excluding hydrogens is 286 g/mol. The molecule has 92 valence electrons. The zero-order valence-corrected chi connectivity index (χ0v) is 10.8. The summed E-state index contributed by atoms with van der Waals surface area (Å²) < 4.78 is 0.634. The van der Waals surface area contributed by atoms with Gasteiger partial charge in [-0.25, -0.2) is 4.98 Å². The molecule has 1 aromatic rings. The lowest BCUT2D eigenvalue weighted by Gasteiger charge is -2.07. The number of halogens is 1. The van der Waals surface area contributed by atoms with Crippen molar-refractivity contribution in [2.45, 2.75) is 12.8 Å². The van der Waals surface area contributed by atoms with E-state index < -0.39 is 0 Å². The molecule has 1 saturated carbocycles. The molecule has 0 saturated heterocycles. The van der Waals surface area contributed by atoms with E-state index in [0.29, 0.717) is 29.5 Å². The van der Waals surface area contributed by atoms with Crippen LogP contribution in [0.25, 0.3) is 0 Å². The Bertz CT molecular complexity index is 401. The van der Waals surface area contributed by atoms with Crippen LogP contribution in [-0.4, -0.2) is 29.0 Å². The van der Waals surface area contributed by atoms with Crippen LogP contribution in [0.2, 0.25) is 0 Å². The average Bonchev–Trinajstić information content (AvgIpc) is 3.06. The summed E-state index contributed by atoms with van der Waals surface area (Å²) in [7, 11) is 0. The molecule has 0 aliphatic heterocycles. The lowest BCUT2D eigenvalue weighted by atomic mass is 10.4. The van der Waals surface area contributed by atoms with Gasteiger partial charge in [0.05, 0.1) is 0 Å². The molecule has 0 radical (unpaired) electrons. The van der Waals surface area contributed by atoms with Crippen molar-refractivity contribution in [1.82, 2.24) is 15.3 Å². The molecular formula is C10H14BrN5O. The van der Waals surface area contributed by atoms with E-state index in [0.717, 1.165) is 12.8 Å². The fraction of sp³-hybridized carbons (Fsp3) is 0.500. The van der Waals surface area contributed by atoms with Gasteiger partial charge >= 0.3 is 0 Å². The molecule has 1 fully saturated rings. The van der Waals surface area contributed by atoms with E-state index in [1.807, 2.05) is 0 Å². The Labute approximate surface area is 108 Å². The van der Waals surface area contributed by atoms with Crippen molar-refractivity contribution < 1.29 is 4.79 Å². The van der Waals surface area contributed by atoms with Gasteiger partial charge in [-0.05, 0) is 28.8 Å². The number of amides is 1. The molecule has 0 bridgehead atoms. The van der Waals surface area contributed by atoms with E-state index in [9.17, 15) is 4.79 Å². The summed E-state index contributed by atoms with van der Waals surface area (Å²) in [5, 5.41) is 5.84. The summed E-state index contributed by atoms with van der Waals surface area (Å²) in [6, 6.07) is 1.63. The maximum absolute atomic E-state index is 11.3. The van der Waals surface area contributed by atoms with Gasteiger partial charge in [0.1, 0.15) is 10.4 Å². The molecule has 0 unspecified atom stereocenters. The molecule has 1 aromatic heterocycles. The normalized spacial score (nSPS) is 14.4. The smallest absolute Gasteiger partial charge is 0.225 e. The first kappa shape index (κ1) is 12.1. The number of carbonyl (C=O) groups is 1. The molecule has 1 heterocycles. The van der Waals surface area contributed by atoms with Crippen molar-refractivity contribution in [3.63, 3.8) is 0 Å². The Morgan fingerprint density at radius 3 is 2.88 bits per heavy atom. The van der Waals surface area contributed by atoms with Gasteiger partial charge in [0.15, 0.2) is 0 Å². The fourth-order valence-corrected chi connectivity index (χ4v) is 1.77. The average molecular weight is 300 g/mol. The predicted molar refractivity (Wildman–Crippen MR) is 68.4 cm³/mol. The van der Waals surface area contributed by atoms with Crippen molar-refractivity contribution >= 4 is 33.6 Å². The fourth-order valence-electron chi connectivity index (χ4n) is 1.36. The number of nitrogens with one attached hydrogen (secondary N) is 2. The molecule has 4 N–H and O–H groups in total. The van der Waals surface area contributed by atoms with E-state index in [1.165, 1.54) is 0 Å². The number of rotatable bonds is 5. The second-order valence-electron chi connectivity index (χ2n) is 3.93. The molecule has 2 rings (SSSR count). The van der Waals surface area contributed by atoms with Crippen LogP contribution in [0.15, 0.2) is 10.7 Å². The summed E-state index contributed by atoms with van der Waals surface area (Å²) in [4.78, 5) is 19.4. The third-order valence-corrected chi connectivity index (χ3v) is 2.78. The molecule has 1 amide bonds. The molecule has 17 heavy (non-hydrogen) atoms. The third kappa shape index (κ3) is 3.85. The van der Waals surface area contributed by atoms with Crippen molar-refractivity contribution in [1.29, 1.82) is 0 Å². The van der Waals surface area contributed by atoms with Crippen LogP contribution < -0.4 is 16.4 Å². The molecule has 7 heteroatoms. The van der Waals surface area contributed by atoms with Gasteiger partial charge < -0.3 is 16.4 Å². The summed E-state index contributed by atoms with van der Waals surface area (Å²) in [5.74, 6) is 1.24. The second kappa shape index (κ2) is 5.31. The van der Waals surface area contributed by atoms with Gasteiger partial charge in [-0.3, -0.25) is 4.79 Å². The molecule has 1 aliphatic rings. The number of nitrogen functional groups attached to an aromatic ring is 1. The Balaban J connectivity index is 1.71. The maximum Gasteiger partial charge on any atom is 0.225 e. The second-order valence-corrected chi connectivity index (χ2v) is 4.74. The highest BCUT2D eigenvalue weighted by molar-refractivity contribution is 9.10. The molecule has 0 spiro atoms. The van der Waals surface area contributed by atoms with Crippen LogP contribution >= 0.6 is 15.9 Å². The Morgan fingerprint density at radius 1 is 1.47 bits per heavy atom. The van der Waals surface area contributed by atoms with Crippen molar-refractivity contribution in [2.24, 2.45) is 5.92 Å². The van der Waals surface area contributed by atoms with Crippen molar-refractivity contribution in [3.8, 4) is 0 Å². The number of hydrogen-bond acceptors (Lipinski definition) is 5. The van der Waals surface area contributed by atoms with Crippen LogP contribution in [0.5, 0.6) is 0 Å². The number of carbonyl (C=O) groups excluding carboxylic acids is 1. The van der Waals surface area contributed by atoms with Gasteiger partial charge in [0, 0.05) is 25.1 Å². The third-order valence-electron chi connectivity index (χ3n) is 2.37. The summed E-state index contributed by atoms with van der Waals surface area (Å²) in [6.45, 7) is 1.14. The summed E-state index contributed by atoms with van der Waals surface area (Å²) >= 11 is 3.23. The van der Waals surface area contributed by atoms with Crippen LogP contribution in [0, 0.1) is 5.92 Å². The van der Waals surface area contributed by atoms with Crippen LogP contribution in [0.4, 0.5) is 11.8 Å². The molecule has 6 nitrogen and oxygen atoms in total. The first-order valence-electron chi connectivity index (χ1n) is 5.47. The van der Waals surface area contributed by atoms with Gasteiger partial charge in [-0.15, -0.1) is 0 Å². The lowest BCUT2D eigenvalue weighted by Crippen LogP contribution is -2.30. The Hall–Kier alpha value is -1.37. The monoisotopic (exact) mass is 299 g/mol. The zero-order chi connectivity index (χ0) is 12.3. The van der Waals surface area contributed by atoms with E-state index in [-0.39, 0.29) is 11.8 Å². The van der Waals surface area contributed by atoms with E-state index in [1.54, 1.807) is 6.07 Å². The number of anilines is 2. The summed E-state index contributed by atoms with van der Waals surface area (Å²) in [5.41, 5.74) is 5.57. The maximum atomic E-state index is 11.3. The SMILES string of the molecule is Nc1cc(Br)nc(NCCNC(=O)C2CC2)n1. The number of aromatic nitrogens is 2. The highest BCUT2D eigenvalue weighted by Crippen LogP contribution is 2.28. The minimum absolute atomic E-state index is 0.140. The topological polar surface area (TPSA) is 92.9 Å². The first-order valence-corrected chi connectivity index (χ1v) is 6.26. The molecule has 0 atom stereocenters. The van der Waals surface area contributed by atoms with Crippen LogP contribution in [0.3, 0.4) is 0 Å². The van der Waals surface area contributed by atoms with Crippen molar-refractivity contribution in [2.75, 3.05) is 24.1 Å². The number of nitrogens with zero attached hydrogens (tertiary/aromatic N) is 2. The minimum atomic E-state index is 0.140. The first-order chi connectivity index (χ1) is 8.15. The molecule has 1 aliphatic carbocycles. The summed E-state index contributed by atoms with van der Waals surface area (Å²) in [6.07, 6.45) is 2.04.